The molecule has 0 saturated heterocycles. The van der Waals surface area contributed by atoms with Crippen molar-refractivity contribution >= 4 is 11.3 Å². The minimum Gasteiger partial charge on any atom is -0.389 e. The lowest BCUT2D eigenvalue weighted by molar-refractivity contribution is -0.00625. The summed E-state index contributed by atoms with van der Waals surface area (Å²) in [6.07, 6.45) is -0.232. The molecule has 1 atom stereocenters. The summed E-state index contributed by atoms with van der Waals surface area (Å²) in [6, 6.07) is 4.16. The zero-order chi connectivity index (χ0) is 12.0. The zero-order valence-corrected chi connectivity index (χ0v) is 11.0. The molecule has 1 aromatic heterocycles. The van der Waals surface area contributed by atoms with Crippen LogP contribution in [0.4, 0.5) is 0 Å². The lowest BCUT2D eigenvalue weighted by Gasteiger charge is -2.20. The second kappa shape index (κ2) is 7.01. The molecule has 1 heterocycles. The number of aliphatic hydroxyl groups is 1. The predicted octanol–water partition coefficient (Wildman–Crippen LogP) is 1.97. The second-order valence-electron chi connectivity index (χ2n) is 4.31. The van der Waals surface area contributed by atoms with E-state index in [-0.39, 0.29) is 6.10 Å². The maximum Gasteiger partial charge on any atom is 0.0900 e. The van der Waals surface area contributed by atoms with Gasteiger partial charge in [0, 0.05) is 18.0 Å². The minimum absolute atomic E-state index is 0.178. The Morgan fingerprint density at radius 1 is 1.50 bits per heavy atom. The highest BCUT2D eigenvalue weighted by Crippen LogP contribution is 2.10. The largest absolute Gasteiger partial charge is 0.389 e. The van der Waals surface area contributed by atoms with Crippen LogP contribution < -0.4 is 0 Å². The fourth-order valence-corrected chi connectivity index (χ4v) is 2.23. The van der Waals surface area contributed by atoms with E-state index in [1.807, 2.05) is 27.0 Å². The molecule has 1 N–H and O–H groups in total. The maximum atomic E-state index is 9.73. The van der Waals surface area contributed by atoms with Gasteiger partial charge >= 0.3 is 0 Å². The van der Waals surface area contributed by atoms with Crippen molar-refractivity contribution in [1.29, 1.82) is 0 Å². The van der Waals surface area contributed by atoms with Gasteiger partial charge < -0.3 is 9.84 Å². The van der Waals surface area contributed by atoms with Gasteiger partial charge in [-0.05, 0) is 32.3 Å². The molecule has 0 unspecified atom stereocenters. The number of likely N-dealkylation sites (N-methyl/N-ethyl adjacent to an activating group) is 1. The minimum atomic E-state index is -0.410. The average Bonchev–Trinajstić information content (AvgIpc) is 2.67. The molecule has 0 saturated carbocycles. The van der Waals surface area contributed by atoms with E-state index in [9.17, 15) is 5.11 Å². The number of hydrogen-bond acceptors (Lipinski definition) is 4. The van der Waals surface area contributed by atoms with Gasteiger partial charge in [-0.15, -0.1) is 11.3 Å². The molecule has 1 aromatic rings. The molecule has 4 heteroatoms. The van der Waals surface area contributed by atoms with Crippen LogP contribution in [0.2, 0.25) is 0 Å². The van der Waals surface area contributed by atoms with Crippen LogP contribution in [-0.4, -0.2) is 42.4 Å². The van der Waals surface area contributed by atoms with Gasteiger partial charge in [0.25, 0.3) is 0 Å². The van der Waals surface area contributed by atoms with Crippen molar-refractivity contribution in [2.24, 2.45) is 0 Å². The van der Waals surface area contributed by atoms with E-state index in [4.69, 9.17) is 4.74 Å². The molecule has 0 aliphatic carbocycles. The molecular formula is C12H21NO2S. The van der Waals surface area contributed by atoms with Gasteiger partial charge in [0.2, 0.25) is 0 Å². The SMILES string of the molecule is CC(C)OC[C@H](O)CN(C)Cc1cccs1. The van der Waals surface area contributed by atoms with Crippen molar-refractivity contribution in [2.75, 3.05) is 20.2 Å². The lowest BCUT2D eigenvalue weighted by atomic mass is 10.3. The Morgan fingerprint density at radius 3 is 2.81 bits per heavy atom. The molecule has 0 radical (unpaired) electrons. The Labute approximate surface area is 102 Å². The quantitative estimate of drug-likeness (QED) is 0.794. The van der Waals surface area contributed by atoms with Crippen LogP contribution >= 0.6 is 11.3 Å². The Hall–Kier alpha value is -0.420. The van der Waals surface area contributed by atoms with Gasteiger partial charge in [0.15, 0.2) is 0 Å². The highest BCUT2D eigenvalue weighted by atomic mass is 32.1. The summed E-state index contributed by atoms with van der Waals surface area (Å²) >= 11 is 1.74. The molecule has 0 amide bonds. The summed E-state index contributed by atoms with van der Waals surface area (Å²) in [7, 11) is 2.01. The van der Waals surface area contributed by atoms with E-state index in [0.717, 1.165) is 6.54 Å². The first-order chi connectivity index (χ1) is 7.58. The predicted molar refractivity (Wildman–Crippen MR) is 67.7 cm³/mol. The van der Waals surface area contributed by atoms with Crippen LogP contribution in [0.5, 0.6) is 0 Å². The van der Waals surface area contributed by atoms with Gasteiger partial charge in [-0.25, -0.2) is 0 Å². The average molecular weight is 243 g/mol. The molecule has 0 aromatic carbocycles. The van der Waals surface area contributed by atoms with Crippen molar-refractivity contribution < 1.29 is 9.84 Å². The van der Waals surface area contributed by atoms with Crippen molar-refractivity contribution in [3.05, 3.63) is 22.4 Å². The van der Waals surface area contributed by atoms with Gasteiger partial charge in [0.1, 0.15) is 0 Å². The van der Waals surface area contributed by atoms with Gasteiger partial charge in [-0.3, -0.25) is 4.90 Å². The molecule has 1 rings (SSSR count). The number of hydrogen-bond donors (Lipinski definition) is 1. The number of thiophene rings is 1. The number of ether oxygens (including phenoxy) is 1. The zero-order valence-electron chi connectivity index (χ0n) is 10.2. The van der Waals surface area contributed by atoms with Crippen LogP contribution in [0.1, 0.15) is 18.7 Å². The Bertz CT molecular complexity index is 275. The number of nitrogens with zero attached hydrogens (tertiary/aromatic N) is 1. The Balaban J connectivity index is 2.20. The number of aliphatic hydroxyl groups excluding tert-OH is 1. The van der Waals surface area contributed by atoms with E-state index < -0.39 is 6.10 Å². The third kappa shape index (κ3) is 5.61. The maximum absolute atomic E-state index is 9.73. The first-order valence-electron chi connectivity index (χ1n) is 5.58. The third-order valence-corrected chi connectivity index (χ3v) is 3.01. The van der Waals surface area contributed by atoms with Crippen molar-refractivity contribution in [2.45, 2.75) is 32.6 Å². The first-order valence-corrected chi connectivity index (χ1v) is 6.46. The topological polar surface area (TPSA) is 32.7 Å². The number of rotatable bonds is 7. The van der Waals surface area contributed by atoms with E-state index in [0.29, 0.717) is 13.2 Å². The molecular weight excluding hydrogens is 222 g/mol. The van der Waals surface area contributed by atoms with Crippen LogP contribution in [0, 0.1) is 0 Å². The molecule has 0 spiro atoms. The fraction of sp³-hybridized carbons (Fsp3) is 0.667. The molecule has 16 heavy (non-hydrogen) atoms. The lowest BCUT2D eigenvalue weighted by Crippen LogP contribution is -2.32. The summed E-state index contributed by atoms with van der Waals surface area (Å²) in [5, 5.41) is 11.8. The van der Waals surface area contributed by atoms with Gasteiger partial charge in [-0.1, -0.05) is 6.07 Å². The summed E-state index contributed by atoms with van der Waals surface area (Å²) < 4.78 is 5.37. The molecule has 0 aliphatic heterocycles. The van der Waals surface area contributed by atoms with Gasteiger partial charge in [0.05, 0.1) is 18.8 Å². The normalized spacial score (nSPS) is 13.6. The van der Waals surface area contributed by atoms with Crippen molar-refractivity contribution in [1.82, 2.24) is 4.90 Å². The molecule has 0 aliphatic rings. The van der Waals surface area contributed by atoms with Crippen LogP contribution in [0.15, 0.2) is 17.5 Å². The third-order valence-electron chi connectivity index (χ3n) is 2.15. The molecule has 0 bridgehead atoms. The van der Waals surface area contributed by atoms with E-state index in [1.54, 1.807) is 11.3 Å². The fourth-order valence-electron chi connectivity index (χ4n) is 1.45. The molecule has 92 valence electrons. The van der Waals surface area contributed by atoms with E-state index in [1.165, 1.54) is 4.88 Å². The second-order valence-corrected chi connectivity index (χ2v) is 5.34. The van der Waals surface area contributed by atoms with Crippen molar-refractivity contribution in [3.63, 3.8) is 0 Å². The standard InChI is InChI=1S/C12H21NO2S/c1-10(2)15-9-11(14)7-13(3)8-12-5-4-6-16-12/h4-6,10-11,14H,7-9H2,1-3H3/t11-/m1/s1. The van der Waals surface area contributed by atoms with E-state index in [2.05, 4.69) is 16.3 Å². The van der Waals surface area contributed by atoms with E-state index >= 15 is 0 Å². The highest BCUT2D eigenvalue weighted by molar-refractivity contribution is 7.09. The first kappa shape index (κ1) is 13.6. The summed E-state index contributed by atoms with van der Waals surface area (Å²) in [4.78, 5) is 3.43. The molecule has 3 nitrogen and oxygen atoms in total. The smallest absolute Gasteiger partial charge is 0.0900 e. The molecule has 0 fully saturated rings. The summed E-state index contributed by atoms with van der Waals surface area (Å²) in [5.74, 6) is 0. The van der Waals surface area contributed by atoms with Crippen LogP contribution in [0.3, 0.4) is 0 Å². The summed E-state index contributed by atoms with van der Waals surface area (Å²) in [5.41, 5.74) is 0. The van der Waals surface area contributed by atoms with Gasteiger partial charge in [-0.2, -0.15) is 0 Å². The summed E-state index contributed by atoms with van der Waals surface area (Å²) in [6.45, 7) is 5.89. The van der Waals surface area contributed by atoms with Crippen LogP contribution in [0.25, 0.3) is 0 Å². The van der Waals surface area contributed by atoms with Crippen molar-refractivity contribution in [3.8, 4) is 0 Å². The Kier molecular flexibility index (Phi) is 5.98. The highest BCUT2D eigenvalue weighted by Gasteiger charge is 2.09. The van der Waals surface area contributed by atoms with Crippen LogP contribution in [-0.2, 0) is 11.3 Å². The monoisotopic (exact) mass is 243 g/mol. The Morgan fingerprint density at radius 2 is 2.25 bits per heavy atom.